The lowest BCUT2D eigenvalue weighted by Crippen LogP contribution is -2.37. The quantitative estimate of drug-likeness (QED) is 0.632. The Bertz CT molecular complexity index is 703. The van der Waals surface area contributed by atoms with Gasteiger partial charge in [0.25, 0.3) is 0 Å². The van der Waals surface area contributed by atoms with Gasteiger partial charge in [0.05, 0.1) is 18.1 Å². The molecule has 0 saturated heterocycles. The van der Waals surface area contributed by atoms with Crippen molar-refractivity contribution >= 4 is 29.2 Å². The van der Waals surface area contributed by atoms with Crippen LogP contribution in [0.5, 0.6) is 0 Å². The third kappa shape index (κ3) is 4.45. The second kappa shape index (κ2) is 7.79. The molecule has 0 atom stereocenters. The highest BCUT2D eigenvalue weighted by atomic mass is 35.5. The standard InChI is InChI=1S/C16H22Cl2N4O/c1-5-19-16(20-8-12-6-10(2)23-11(12)3)21-9-13-7-14(17)15(18)22(13)4/h6-7H,5,8-9H2,1-4H3,(H2,19,20,21). The van der Waals surface area contributed by atoms with Gasteiger partial charge >= 0.3 is 0 Å². The normalized spacial score (nSPS) is 11.8. The Hall–Kier alpha value is -1.59. The van der Waals surface area contributed by atoms with Crippen molar-refractivity contribution in [3.63, 3.8) is 0 Å². The average Bonchev–Trinajstić information content (AvgIpc) is 2.95. The predicted molar refractivity (Wildman–Crippen MR) is 95.3 cm³/mol. The molecule has 0 fully saturated rings. The van der Waals surface area contributed by atoms with Crippen LogP contribution in [0.15, 0.2) is 21.5 Å². The van der Waals surface area contributed by atoms with E-state index in [4.69, 9.17) is 27.6 Å². The number of aliphatic imine (C=N–C) groups is 1. The van der Waals surface area contributed by atoms with E-state index in [-0.39, 0.29) is 0 Å². The molecule has 0 radical (unpaired) electrons. The van der Waals surface area contributed by atoms with Crippen molar-refractivity contribution in [2.24, 2.45) is 12.0 Å². The van der Waals surface area contributed by atoms with E-state index in [0.717, 1.165) is 35.3 Å². The highest BCUT2D eigenvalue weighted by Gasteiger charge is 2.09. The van der Waals surface area contributed by atoms with Crippen molar-refractivity contribution in [3.05, 3.63) is 45.1 Å². The lowest BCUT2D eigenvalue weighted by Gasteiger charge is -2.12. The number of furan rings is 1. The number of rotatable bonds is 5. The van der Waals surface area contributed by atoms with Gasteiger partial charge in [-0.2, -0.15) is 0 Å². The molecule has 2 aromatic rings. The van der Waals surface area contributed by atoms with Gasteiger partial charge in [-0.3, -0.25) is 0 Å². The molecule has 2 heterocycles. The largest absolute Gasteiger partial charge is 0.466 e. The van der Waals surface area contributed by atoms with Crippen molar-refractivity contribution < 1.29 is 4.42 Å². The fourth-order valence-electron chi connectivity index (χ4n) is 2.28. The van der Waals surface area contributed by atoms with E-state index in [9.17, 15) is 0 Å². The molecule has 0 unspecified atom stereocenters. The van der Waals surface area contributed by atoms with E-state index in [1.165, 1.54) is 0 Å². The van der Waals surface area contributed by atoms with Gasteiger partial charge in [-0.05, 0) is 32.9 Å². The molecule has 2 aromatic heterocycles. The number of halogens is 2. The minimum absolute atomic E-state index is 0.537. The van der Waals surface area contributed by atoms with Gasteiger partial charge < -0.3 is 19.6 Å². The van der Waals surface area contributed by atoms with Crippen LogP contribution in [0.2, 0.25) is 10.2 Å². The molecule has 2 N–H and O–H groups in total. The van der Waals surface area contributed by atoms with E-state index in [1.54, 1.807) is 0 Å². The monoisotopic (exact) mass is 356 g/mol. The van der Waals surface area contributed by atoms with Crippen molar-refractivity contribution in [2.75, 3.05) is 6.54 Å². The summed E-state index contributed by atoms with van der Waals surface area (Å²) in [5, 5.41) is 7.60. The zero-order chi connectivity index (χ0) is 17.0. The number of nitrogens with one attached hydrogen (secondary N) is 2. The van der Waals surface area contributed by atoms with Gasteiger partial charge in [0.1, 0.15) is 16.7 Å². The van der Waals surface area contributed by atoms with Crippen molar-refractivity contribution in [3.8, 4) is 0 Å². The second-order valence-electron chi connectivity index (χ2n) is 5.32. The Labute approximate surface area is 146 Å². The first-order valence-corrected chi connectivity index (χ1v) is 8.25. The van der Waals surface area contributed by atoms with Crippen LogP contribution < -0.4 is 10.6 Å². The number of nitrogens with zero attached hydrogens (tertiary/aromatic N) is 2. The van der Waals surface area contributed by atoms with Crippen LogP contribution >= 0.6 is 23.2 Å². The predicted octanol–water partition coefficient (Wildman–Crippen LogP) is 3.80. The smallest absolute Gasteiger partial charge is 0.191 e. The summed E-state index contributed by atoms with van der Waals surface area (Å²) in [6, 6.07) is 3.86. The Morgan fingerprint density at radius 3 is 2.52 bits per heavy atom. The number of aromatic nitrogens is 1. The Kier molecular flexibility index (Phi) is 6.02. The molecule has 0 aliphatic carbocycles. The van der Waals surface area contributed by atoms with Gasteiger partial charge in [0.15, 0.2) is 5.96 Å². The highest BCUT2D eigenvalue weighted by molar-refractivity contribution is 6.41. The van der Waals surface area contributed by atoms with Crippen LogP contribution in [0, 0.1) is 13.8 Å². The molecular formula is C16H22Cl2N4O. The summed E-state index contributed by atoms with van der Waals surface area (Å²) in [7, 11) is 1.88. The fraction of sp³-hybridized carbons (Fsp3) is 0.438. The van der Waals surface area contributed by atoms with E-state index in [1.807, 2.05) is 44.5 Å². The van der Waals surface area contributed by atoms with Gasteiger partial charge in [0.2, 0.25) is 0 Å². The molecule has 0 aliphatic heterocycles. The molecule has 0 bridgehead atoms. The highest BCUT2D eigenvalue weighted by Crippen LogP contribution is 2.24. The third-order valence-corrected chi connectivity index (χ3v) is 4.39. The van der Waals surface area contributed by atoms with Gasteiger partial charge in [-0.1, -0.05) is 23.2 Å². The maximum absolute atomic E-state index is 6.08. The van der Waals surface area contributed by atoms with Crippen LogP contribution in [-0.4, -0.2) is 17.1 Å². The minimum Gasteiger partial charge on any atom is -0.466 e. The SMILES string of the molecule is CCNC(=NCc1cc(C)oc1C)NCc1cc(Cl)c(Cl)n1C. The molecule has 0 spiro atoms. The maximum atomic E-state index is 6.08. The Morgan fingerprint density at radius 2 is 2.00 bits per heavy atom. The molecule has 23 heavy (non-hydrogen) atoms. The van der Waals surface area contributed by atoms with Gasteiger partial charge in [-0.25, -0.2) is 4.99 Å². The topological polar surface area (TPSA) is 54.5 Å². The lowest BCUT2D eigenvalue weighted by molar-refractivity contribution is 0.501. The summed E-state index contributed by atoms with van der Waals surface area (Å²) < 4.78 is 7.38. The Morgan fingerprint density at radius 1 is 1.26 bits per heavy atom. The summed E-state index contributed by atoms with van der Waals surface area (Å²) in [5.41, 5.74) is 2.07. The van der Waals surface area contributed by atoms with E-state index in [2.05, 4.69) is 15.6 Å². The zero-order valence-corrected chi connectivity index (χ0v) is 15.3. The summed E-state index contributed by atoms with van der Waals surface area (Å²) in [6.07, 6.45) is 0. The van der Waals surface area contributed by atoms with Crippen LogP contribution in [-0.2, 0) is 20.1 Å². The van der Waals surface area contributed by atoms with Crippen molar-refractivity contribution in [1.82, 2.24) is 15.2 Å². The summed E-state index contributed by atoms with van der Waals surface area (Å²) in [4.78, 5) is 4.59. The summed E-state index contributed by atoms with van der Waals surface area (Å²) in [6.45, 7) is 7.84. The molecule has 7 heteroatoms. The molecule has 0 saturated carbocycles. The van der Waals surface area contributed by atoms with E-state index in [0.29, 0.717) is 23.3 Å². The minimum atomic E-state index is 0.537. The molecule has 5 nitrogen and oxygen atoms in total. The molecular weight excluding hydrogens is 335 g/mol. The number of aryl methyl sites for hydroxylation is 2. The van der Waals surface area contributed by atoms with Crippen molar-refractivity contribution in [1.29, 1.82) is 0 Å². The molecule has 0 amide bonds. The van der Waals surface area contributed by atoms with E-state index >= 15 is 0 Å². The summed E-state index contributed by atoms with van der Waals surface area (Å²) in [5.74, 6) is 2.54. The molecule has 2 rings (SSSR count). The van der Waals surface area contributed by atoms with Gasteiger partial charge in [0, 0.05) is 24.8 Å². The Balaban J connectivity index is 2.04. The number of hydrogen-bond donors (Lipinski definition) is 2. The third-order valence-electron chi connectivity index (χ3n) is 3.55. The van der Waals surface area contributed by atoms with Crippen molar-refractivity contribution in [2.45, 2.75) is 33.9 Å². The second-order valence-corrected chi connectivity index (χ2v) is 6.09. The first-order chi connectivity index (χ1) is 10.9. The first-order valence-electron chi connectivity index (χ1n) is 7.50. The van der Waals surface area contributed by atoms with Crippen LogP contribution in [0.25, 0.3) is 0 Å². The molecule has 0 aromatic carbocycles. The maximum Gasteiger partial charge on any atom is 0.191 e. The number of guanidine groups is 1. The molecule has 0 aliphatic rings. The van der Waals surface area contributed by atoms with Gasteiger partial charge in [-0.15, -0.1) is 0 Å². The average molecular weight is 357 g/mol. The van der Waals surface area contributed by atoms with E-state index < -0.39 is 0 Å². The van der Waals surface area contributed by atoms with Crippen LogP contribution in [0.4, 0.5) is 0 Å². The first kappa shape index (κ1) is 17.8. The van der Waals surface area contributed by atoms with Crippen LogP contribution in [0.3, 0.4) is 0 Å². The van der Waals surface area contributed by atoms with Crippen LogP contribution in [0.1, 0.15) is 29.7 Å². The lowest BCUT2D eigenvalue weighted by atomic mass is 10.2. The fourth-order valence-corrected chi connectivity index (χ4v) is 2.70. The summed E-state index contributed by atoms with van der Waals surface area (Å²) >= 11 is 12.1. The molecule has 126 valence electrons. The number of hydrogen-bond acceptors (Lipinski definition) is 2. The zero-order valence-electron chi connectivity index (χ0n) is 13.8.